The number of hydrogen-bond donors (Lipinski definition) is 2. The number of oxime groups is 1. The van der Waals surface area contributed by atoms with Gasteiger partial charge in [0.1, 0.15) is 0 Å². The van der Waals surface area contributed by atoms with Crippen LogP contribution in [-0.2, 0) is 0 Å². The first-order chi connectivity index (χ1) is 4.84. The SMILES string of the molecule is C/C(=N/O)C1=CCCNC1. The van der Waals surface area contributed by atoms with Gasteiger partial charge in [-0.05, 0) is 25.5 Å². The van der Waals surface area contributed by atoms with E-state index >= 15 is 0 Å². The van der Waals surface area contributed by atoms with Crippen molar-refractivity contribution in [1.82, 2.24) is 5.32 Å². The van der Waals surface area contributed by atoms with Gasteiger partial charge in [0.05, 0.1) is 5.71 Å². The molecular formula is C7H12N2O. The fourth-order valence-electron chi connectivity index (χ4n) is 0.984. The molecule has 56 valence electrons. The number of nitrogens with zero attached hydrogens (tertiary/aromatic N) is 1. The van der Waals surface area contributed by atoms with E-state index in [0.29, 0.717) is 5.71 Å². The molecule has 0 unspecified atom stereocenters. The van der Waals surface area contributed by atoms with Crippen LogP contribution < -0.4 is 5.32 Å². The average molecular weight is 140 g/mol. The zero-order valence-corrected chi connectivity index (χ0v) is 6.09. The zero-order valence-electron chi connectivity index (χ0n) is 6.09. The fraction of sp³-hybridized carbons (Fsp3) is 0.571. The van der Waals surface area contributed by atoms with Crippen LogP contribution in [0.4, 0.5) is 0 Å². The quantitative estimate of drug-likeness (QED) is 0.321. The summed E-state index contributed by atoms with van der Waals surface area (Å²) in [7, 11) is 0. The first-order valence-electron chi connectivity index (χ1n) is 3.43. The molecule has 0 spiro atoms. The molecular weight excluding hydrogens is 128 g/mol. The molecule has 1 aliphatic heterocycles. The minimum absolute atomic E-state index is 0.715. The molecule has 2 N–H and O–H groups in total. The highest BCUT2D eigenvalue weighted by atomic mass is 16.4. The van der Waals surface area contributed by atoms with Crippen LogP contribution in [0, 0.1) is 0 Å². The summed E-state index contributed by atoms with van der Waals surface area (Å²) in [5.74, 6) is 0. The lowest BCUT2D eigenvalue weighted by molar-refractivity contribution is 0.318. The molecule has 0 bridgehead atoms. The molecule has 1 aliphatic rings. The zero-order chi connectivity index (χ0) is 7.40. The molecule has 0 amide bonds. The van der Waals surface area contributed by atoms with Gasteiger partial charge in [-0.3, -0.25) is 0 Å². The topological polar surface area (TPSA) is 44.6 Å². The molecule has 0 atom stereocenters. The van der Waals surface area contributed by atoms with E-state index < -0.39 is 0 Å². The highest BCUT2D eigenvalue weighted by Crippen LogP contribution is 2.02. The Morgan fingerprint density at radius 3 is 3.10 bits per heavy atom. The van der Waals surface area contributed by atoms with Gasteiger partial charge in [-0.25, -0.2) is 0 Å². The Hall–Kier alpha value is -0.830. The fourth-order valence-corrected chi connectivity index (χ4v) is 0.984. The Bertz CT molecular complexity index is 172. The predicted molar refractivity (Wildman–Crippen MR) is 40.5 cm³/mol. The second-order valence-electron chi connectivity index (χ2n) is 2.38. The van der Waals surface area contributed by atoms with Crippen molar-refractivity contribution in [2.24, 2.45) is 5.16 Å². The summed E-state index contributed by atoms with van der Waals surface area (Å²) in [6.45, 7) is 3.66. The lowest BCUT2D eigenvalue weighted by atomic mass is 10.1. The molecule has 0 aliphatic carbocycles. The Kier molecular flexibility index (Phi) is 2.45. The van der Waals surface area contributed by atoms with Gasteiger partial charge in [0.2, 0.25) is 0 Å². The van der Waals surface area contributed by atoms with Crippen LogP contribution in [0.1, 0.15) is 13.3 Å². The first kappa shape index (κ1) is 7.28. The van der Waals surface area contributed by atoms with Crippen LogP contribution in [0.2, 0.25) is 0 Å². The molecule has 0 fully saturated rings. The first-order valence-corrected chi connectivity index (χ1v) is 3.43. The Labute approximate surface area is 60.4 Å². The third kappa shape index (κ3) is 1.57. The van der Waals surface area contributed by atoms with E-state index in [1.807, 2.05) is 0 Å². The van der Waals surface area contributed by atoms with Crippen molar-refractivity contribution in [3.05, 3.63) is 11.6 Å². The molecule has 3 heteroatoms. The molecule has 0 radical (unpaired) electrons. The van der Waals surface area contributed by atoms with Crippen LogP contribution in [-0.4, -0.2) is 24.0 Å². The number of rotatable bonds is 1. The maximum absolute atomic E-state index is 8.41. The predicted octanol–water partition coefficient (Wildman–Crippen LogP) is 0.756. The van der Waals surface area contributed by atoms with E-state index in [1.165, 1.54) is 0 Å². The van der Waals surface area contributed by atoms with E-state index in [-0.39, 0.29) is 0 Å². The lowest BCUT2D eigenvalue weighted by Gasteiger charge is -2.12. The standard InChI is InChI=1S/C7H12N2O/c1-6(9-10)7-3-2-4-8-5-7/h3,8,10H,2,4-5H2,1H3/b9-6-. The summed E-state index contributed by atoms with van der Waals surface area (Å²) < 4.78 is 0. The van der Waals surface area contributed by atoms with E-state index in [0.717, 1.165) is 25.1 Å². The smallest absolute Gasteiger partial charge is 0.0806 e. The largest absolute Gasteiger partial charge is 0.411 e. The summed E-state index contributed by atoms with van der Waals surface area (Å²) in [6.07, 6.45) is 3.13. The molecule has 1 heterocycles. The highest BCUT2D eigenvalue weighted by molar-refractivity contribution is 5.98. The van der Waals surface area contributed by atoms with Crippen LogP contribution in [0.3, 0.4) is 0 Å². The van der Waals surface area contributed by atoms with E-state index in [2.05, 4.69) is 16.5 Å². The third-order valence-corrected chi connectivity index (χ3v) is 1.64. The second kappa shape index (κ2) is 3.37. The summed E-state index contributed by atoms with van der Waals surface area (Å²) in [4.78, 5) is 0. The third-order valence-electron chi connectivity index (χ3n) is 1.64. The summed E-state index contributed by atoms with van der Waals surface area (Å²) in [6, 6.07) is 0. The lowest BCUT2D eigenvalue weighted by Crippen LogP contribution is -2.25. The highest BCUT2D eigenvalue weighted by Gasteiger charge is 2.04. The summed E-state index contributed by atoms with van der Waals surface area (Å²) >= 11 is 0. The molecule has 0 aromatic rings. The monoisotopic (exact) mass is 140 g/mol. The Balaban J connectivity index is 2.62. The molecule has 3 nitrogen and oxygen atoms in total. The Morgan fingerprint density at radius 1 is 1.80 bits per heavy atom. The van der Waals surface area contributed by atoms with Crippen molar-refractivity contribution in [2.45, 2.75) is 13.3 Å². The Morgan fingerprint density at radius 2 is 2.60 bits per heavy atom. The maximum atomic E-state index is 8.41. The molecule has 1 rings (SSSR count). The number of nitrogens with one attached hydrogen (secondary N) is 1. The molecule has 10 heavy (non-hydrogen) atoms. The number of hydrogen-bond acceptors (Lipinski definition) is 3. The van der Waals surface area contributed by atoms with Crippen molar-refractivity contribution in [3.8, 4) is 0 Å². The summed E-state index contributed by atoms with van der Waals surface area (Å²) in [5.41, 5.74) is 1.82. The molecule has 0 aromatic heterocycles. The van der Waals surface area contributed by atoms with Gasteiger partial charge in [-0.15, -0.1) is 0 Å². The van der Waals surface area contributed by atoms with Crippen molar-refractivity contribution in [2.75, 3.05) is 13.1 Å². The second-order valence-corrected chi connectivity index (χ2v) is 2.38. The van der Waals surface area contributed by atoms with Gasteiger partial charge in [-0.1, -0.05) is 11.2 Å². The van der Waals surface area contributed by atoms with E-state index in [9.17, 15) is 0 Å². The van der Waals surface area contributed by atoms with Crippen molar-refractivity contribution in [3.63, 3.8) is 0 Å². The summed E-state index contributed by atoms with van der Waals surface area (Å²) in [5, 5.41) is 14.7. The minimum atomic E-state index is 0.715. The van der Waals surface area contributed by atoms with E-state index in [4.69, 9.17) is 5.21 Å². The van der Waals surface area contributed by atoms with Gasteiger partial charge < -0.3 is 10.5 Å². The van der Waals surface area contributed by atoms with Gasteiger partial charge in [-0.2, -0.15) is 0 Å². The molecule has 0 saturated carbocycles. The molecule has 0 saturated heterocycles. The maximum Gasteiger partial charge on any atom is 0.0806 e. The van der Waals surface area contributed by atoms with Gasteiger partial charge in [0.25, 0.3) is 0 Å². The van der Waals surface area contributed by atoms with Crippen LogP contribution in [0.15, 0.2) is 16.8 Å². The average Bonchev–Trinajstić information content (AvgIpc) is 2.05. The van der Waals surface area contributed by atoms with Gasteiger partial charge in [0, 0.05) is 6.54 Å². The van der Waals surface area contributed by atoms with Crippen LogP contribution >= 0.6 is 0 Å². The normalized spacial score (nSPS) is 20.5. The molecule has 0 aromatic carbocycles. The van der Waals surface area contributed by atoms with Gasteiger partial charge >= 0.3 is 0 Å². The van der Waals surface area contributed by atoms with Crippen molar-refractivity contribution in [1.29, 1.82) is 0 Å². The van der Waals surface area contributed by atoms with E-state index in [1.54, 1.807) is 6.92 Å². The minimum Gasteiger partial charge on any atom is -0.411 e. The van der Waals surface area contributed by atoms with Crippen molar-refractivity contribution >= 4 is 5.71 Å². The van der Waals surface area contributed by atoms with Gasteiger partial charge in [0.15, 0.2) is 0 Å². The van der Waals surface area contributed by atoms with Crippen molar-refractivity contribution < 1.29 is 5.21 Å². The van der Waals surface area contributed by atoms with Crippen LogP contribution in [0.25, 0.3) is 0 Å². The van der Waals surface area contributed by atoms with Crippen LogP contribution in [0.5, 0.6) is 0 Å².